The number of nitrogens with two attached hydrogens (primary N) is 1. The lowest BCUT2D eigenvalue weighted by Crippen LogP contribution is -2.06. The van der Waals surface area contributed by atoms with Crippen molar-refractivity contribution in [2.24, 2.45) is 0 Å². The maximum Gasteiger partial charge on any atom is 0.161 e. The third kappa shape index (κ3) is 3.81. The molecule has 0 aliphatic carbocycles. The second-order valence-electron chi connectivity index (χ2n) is 4.24. The van der Waals surface area contributed by atoms with Gasteiger partial charge in [-0.3, -0.25) is 4.79 Å². The minimum absolute atomic E-state index is 0.0108. The van der Waals surface area contributed by atoms with E-state index in [4.69, 9.17) is 5.73 Å². The van der Waals surface area contributed by atoms with Gasteiger partial charge < -0.3 is 11.1 Å². The van der Waals surface area contributed by atoms with Gasteiger partial charge in [-0.05, 0) is 59.6 Å². The highest BCUT2D eigenvalue weighted by Crippen LogP contribution is 2.23. The van der Waals surface area contributed by atoms with Crippen LogP contribution in [0, 0.1) is 0 Å². The van der Waals surface area contributed by atoms with Crippen LogP contribution in [0.25, 0.3) is 0 Å². The summed E-state index contributed by atoms with van der Waals surface area (Å²) in [6.07, 6.45) is 0.954. The summed E-state index contributed by atoms with van der Waals surface area (Å²) in [6.45, 7) is 2.35. The number of halogens is 1. The van der Waals surface area contributed by atoms with E-state index >= 15 is 0 Å². The molecule has 0 amide bonds. The van der Waals surface area contributed by atoms with Crippen LogP contribution in [-0.2, 0) is 6.42 Å². The van der Waals surface area contributed by atoms with E-state index in [1.165, 1.54) is 11.8 Å². The molecule has 0 spiro atoms. The van der Waals surface area contributed by atoms with Crippen molar-refractivity contribution >= 4 is 44.4 Å². The first-order valence-corrected chi connectivity index (χ1v) is 7.56. The predicted octanol–water partition coefficient (Wildman–Crippen LogP) is 3.95. The van der Waals surface area contributed by atoms with Gasteiger partial charge in [-0.2, -0.15) is 0 Å². The van der Waals surface area contributed by atoms with Crippen molar-refractivity contribution in [3.8, 4) is 0 Å². The average molecular weight is 339 g/mol. The smallest absolute Gasteiger partial charge is 0.161 e. The lowest BCUT2D eigenvalue weighted by Gasteiger charge is -2.08. The molecule has 0 fully saturated rings. The van der Waals surface area contributed by atoms with Gasteiger partial charge in [0.25, 0.3) is 0 Å². The van der Waals surface area contributed by atoms with Crippen molar-refractivity contribution in [2.75, 3.05) is 17.6 Å². The van der Waals surface area contributed by atoms with Crippen molar-refractivity contribution in [2.45, 2.75) is 13.3 Å². The van der Waals surface area contributed by atoms with Gasteiger partial charge in [0.1, 0.15) is 0 Å². The number of hydrogen-bond donors (Lipinski definition) is 2. The van der Waals surface area contributed by atoms with Gasteiger partial charge in [-0.1, -0.05) is 0 Å². The number of nitrogen functional groups attached to an aromatic ring is 1. The number of thiophene rings is 1. The molecule has 0 radical (unpaired) electrons. The second-order valence-corrected chi connectivity index (χ2v) is 6.79. The summed E-state index contributed by atoms with van der Waals surface area (Å²) in [5, 5.41) is 3.31. The van der Waals surface area contributed by atoms with Gasteiger partial charge in [0.2, 0.25) is 0 Å². The predicted molar refractivity (Wildman–Crippen MR) is 85.1 cm³/mol. The first kappa shape index (κ1) is 14.1. The van der Waals surface area contributed by atoms with Gasteiger partial charge in [0.15, 0.2) is 5.78 Å². The summed E-state index contributed by atoms with van der Waals surface area (Å²) in [5.74, 6) is -0.0108. The third-order valence-electron chi connectivity index (χ3n) is 2.76. The van der Waals surface area contributed by atoms with E-state index in [0.717, 1.165) is 22.4 Å². The van der Waals surface area contributed by atoms with E-state index in [9.17, 15) is 4.79 Å². The van der Waals surface area contributed by atoms with E-state index < -0.39 is 0 Å². The molecule has 0 atom stereocenters. The number of hydrogen-bond acceptors (Lipinski definition) is 4. The Morgan fingerprint density at radius 1 is 1.37 bits per heavy atom. The molecule has 1 aromatic carbocycles. The quantitative estimate of drug-likeness (QED) is 0.641. The van der Waals surface area contributed by atoms with Crippen LogP contribution in [0.15, 0.2) is 34.1 Å². The van der Waals surface area contributed by atoms with E-state index in [-0.39, 0.29) is 5.78 Å². The second kappa shape index (κ2) is 6.21. The van der Waals surface area contributed by atoms with Crippen molar-refractivity contribution in [1.82, 2.24) is 0 Å². The van der Waals surface area contributed by atoms with Crippen molar-refractivity contribution in [3.63, 3.8) is 0 Å². The summed E-state index contributed by atoms with van der Waals surface area (Å²) < 4.78 is 1.15. The molecule has 1 aromatic heterocycles. The molecule has 2 rings (SSSR count). The van der Waals surface area contributed by atoms with Gasteiger partial charge in [0, 0.05) is 28.4 Å². The molecule has 100 valence electrons. The first-order chi connectivity index (χ1) is 9.06. The molecule has 0 saturated heterocycles. The molecule has 0 bridgehead atoms. The third-order valence-corrected chi connectivity index (χ3v) is 4.45. The zero-order chi connectivity index (χ0) is 13.8. The lowest BCUT2D eigenvalue weighted by molar-refractivity contribution is 0.101. The van der Waals surface area contributed by atoms with E-state index in [0.29, 0.717) is 11.3 Å². The number of Topliss-reactive ketones (excluding diaryl/α,β-unsaturated/α-hetero) is 1. The molecule has 0 aliphatic heterocycles. The normalized spacial score (nSPS) is 10.4. The Hall–Kier alpha value is -1.33. The van der Waals surface area contributed by atoms with Gasteiger partial charge in [0.05, 0.1) is 3.79 Å². The fourth-order valence-corrected chi connectivity index (χ4v) is 3.27. The van der Waals surface area contributed by atoms with E-state index in [1.807, 2.05) is 12.1 Å². The van der Waals surface area contributed by atoms with E-state index in [1.54, 1.807) is 17.4 Å². The van der Waals surface area contributed by atoms with Crippen molar-refractivity contribution in [3.05, 3.63) is 44.6 Å². The average Bonchev–Trinajstić information content (AvgIpc) is 2.77. The maximum atomic E-state index is 11.4. The SMILES string of the molecule is CC(=O)c1cc(NCCc2ccc(Br)s2)ccc1N. The summed E-state index contributed by atoms with van der Waals surface area (Å²) in [7, 11) is 0. The van der Waals surface area contributed by atoms with Crippen LogP contribution in [0.4, 0.5) is 11.4 Å². The minimum Gasteiger partial charge on any atom is -0.398 e. The number of nitrogens with one attached hydrogen (secondary N) is 1. The molecule has 19 heavy (non-hydrogen) atoms. The Labute approximate surface area is 125 Å². The van der Waals surface area contributed by atoms with Crippen LogP contribution in [0.2, 0.25) is 0 Å². The van der Waals surface area contributed by atoms with Gasteiger partial charge in [-0.15, -0.1) is 11.3 Å². The Kier molecular flexibility index (Phi) is 4.61. The number of carbonyl (C=O) groups excluding carboxylic acids is 1. The molecule has 5 heteroatoms. The summed E-state index contributed by atoms with van der Waals surface area (Å²) in [4.78, 5) is 12.7. The molecule has 3 nitrogen and oxygen atoms in total. The standard InChI is InChI=1S/C14H15BrN2OS/c1-9(18)12-8-10(2-4-13(12)16)17-7-6-11-3-5-14(15)19-11/h2-5,8,17H,6-7,16H2,1H3. The molecule has 1 heterocycles. The fourth-order valence-electron chi connectivity index (χ4n) is 1.79. The Morgan fingerprint density at radius 3 is 2.79 bits per heavy atom. The number of anilines is 2. The number of ketones is 1. The molecular formula is C14H15BrN2OS. The Balaban J connectivity index is 1.96. The number of carbonyl (C=O) groups is 1. The Bertz CT molecular complexity index is 595. The zero-order valence-electron chi connectivity index (χ0n) is 10.6. The zero-order valence-corrected chi connectivity index (χ0v) is 13.0. The molecule has 0 aliphatic rings. The molecule has 0 saturated carbocycles. The van der Waals surface area contributed by atoms with Crippen molar-refractivity contribution in [1.29, 1.82) is 0 Å². The molecular weight excluding hydrogens is 324 g/mol. The van der Waals surface area contributed by atoms with Crippen LogP contribution in [0.3, 0.4) is 0 Å². The summed E-state index contributed by atoms with van der Waals surface area (Å²) in [5.41, 5.74) is 7.79. The molecule has 0 unspecified atom stereocenters. The Morgan fingerprint density at radius 2 is 2.16 bits per heavy atom. The van der Waals surface area contributed by atoms with Crippen LogP contribution >= 0.6 is 27.3 Å². The molecule has 3 N–H and O–H groups in total. The topological polar surface area (TPSA) is 55.1 Å². The minimum atomic E-state index is -0.0108. The van der Waals surface area contributed by atoms with Gasteiger partial charge >= 0.3 is 0 Å². The van der Waals surface area contributed by atoms with Crippen LogP contribution in [0.1, 0.15) is 22.2 Å². The highest BCUT2D eigenvalue weighted by molar-refractivity contribution is 9.11. The van der Waals surface area contributed by atoms with Crippen molar-refractivity contribution < 1.29 is 4.79 Å². The van der Waals surface area contributed by atoms with Crippen LogP contribution < -0.4 is 11.1 Å². The first-order valence-electron chi connectivity index (χ1n) is 5.95. The summed E-state index contributed by atoms with van der Waals surface area (Å²) in [6, 6.07) is 9.63. The number of benzene rings is 1. The fraction of sp³-hybridized carbons (Fsp3) is 0.214. The lowest BCUT2D eigenvalue weighted by atomic mass is 10.1. The van der Waals surface area contributed by atoms with E-state index in [2.05, 4.69) is 33.4 Å². The number of rotatable bonds is 5. The summed E-state index contributed by atoms with van der Waals surface area (Å²) >= 11 is 5.19. The van der Waals surface area contributed by atoms with Gasteiger partial charge in [-0.25, -0.2) is 0 Å². The van der Waals surface area contributed by atoms with Crippen LogP contribution in [-0.4, -0.2) is 12.3 Å². The highest BCUT2D eigenvalue weighted by Gasteiger charge is 2.05. The maximum absolute atomic E-state index is 11.4. The van der Waals surface area contributed by atoms with Crippen LogP contribution in [0.5, 0.6) is 0 Å². The largest absolute Gasteiger partial charge is 0.398 e. The highest BCUT2D eigenvalue weighted by atomic mass is 79.9. The monoisotopic (exact) mass is 338 g/mol. The molecule has 2 aromatic rings.